The van der Waals surface area contributed by atoms with Crippen molar-refractivity contribution in [3.63, 3.8) is 0 Å². The molecule has 0 aliphatic heterocycles. The van der Waals surface area contributed by atoms with Crippen LogP contribution in [-0.4, -0.2) is 74.7 Å². The van der Waals surface area contributed by atoms with E-state index in [0.29, 0.717) is 31.5 Å². The average Bonchev–Trinajstić information content (AvgIpc) is 2.66. The summed E-state index contributed by atoms with van der Waals surface area (Å²) in [6, 6.07) is 0. The molecule has 1 saturated carbocycles. The molecule has 0 radical (unpaired) electrons. The van der Waals surface area contributed by atoms with Gasteiger partial charge in [-0.15, -0.1) is 0 Å². The molecular weight excluding hydrogens is 370 g/mol. The number of hydrogen-bond donors (Lipinski definition) is 1. The molecule has 2 aliphatic carbocycles. The lowest BCUT2D eigenvalue weighted by Gasteiger charge is -2.53. The first-order valence-corrected chi connectivity index (χ1v) is 11.0. The van der Waals surface area contributed by atoms with Gasteiger partial charge in [-0.1, -0.05) is 19.9 Å². The molecule has 0 unspecified atom stereocenters. The zero-order chi connectivity index (χ0) is 21.6. The Labute approximate surface area is 176 Å². The Morgan fingerprint density at radius 3 is 2.45 bits per heavy atom. The van der Waals surface area contributed by atoms with Crippen molar-refractivity contribution in [2.45, 2.75) is 58.7 Å². The van der Waals surface area contributed by atoms with Crippen molar-refractivity contribution in [1.82, 2.24) is 4.90 Å². The Morgan fingerprint density at radius 2 is 1.90 bits per heavy atom. The molecule has 2 aliphatic rings. The maximum absolute atomic E-state index is 11.7. The van der Waals surface area contributed by atoms with Gasteiger partial charge in [0, 0.05) is 53.1 Å². The van der Waals surface area contributed by atoms with Gasteiger partial charge in [0.25, 0.3) is 0 Å². The summed E-state index contributed by atoms with van der Waals surface area (Å²) < 4.78 is 16.1. The molecular formula is C23H41NO5. The van der Waals surface area contributed by atoms with E-state index in [9.17, 15) is 9.90 Å². The third-order valence-electron chi connectivity index (χ3n) is 7.10. The SMILES string of the molecule is COCCN(CCOC)C[C@@H](C)[C@@H]1CC[C@@H](C)[C@]2(O)C[C@@H](OC(C)=O)C(C)=C[C@H]12. The van der Waals surface area contributed by atoms with Crippen LogP contribution in [0.3, 0.4) is 0 Å². The molecule has 0 amide bonds. The molecule has 1 fully saturated rings. The van der Waals surface area contributed by atoms with Crippen LogP contribution in [0.4, 0.5) is 0 Å². The number of fused-ring (bicyclic) bond motifs is 1. The molecule has 6 atom stereocenters. The van der Waals surface area contributed by atoms with Crippen molar-refractivity contribution in [2.75, 3.05) is 47.1 Å². The van der Waals surface area contributed by atoms with Crippen molar-refractivity contribution in [1.29, 1.82) is 0 Å². The lowest BCUT2D eigenvalue weighted by molar-refractivity contribution is -0.159. The monoisotopic (exact) mass is 411 g/mol. The zero-order valence-electron chi connectivity index (χ0n) is 19.1. The number of hydrogen-bond acceptors (Lipinski definition) is 6. The van der Waals surface area contributed by atoms with Gasteiger partial charge in [0.15, 0.2) is 0 Å². The van der Waals surface area contributed by atoms with Gasteiger partial charge in [0.2, 0.25) is 0 Å². The molecule has 0 spiro atoms. The molecule has 6 heteroatoms. The van der Waals surface area contributed by atoms with Crippen LogP contribution in [0.2, 0.25) is 0 Å². The summed E-state index contributed by atoms with van der Waals surface area (Å²) in [5.74, 6) is 0.834. The first-order valence-electron chi connectivity index (χ1n) is 11.0. The Bertz CT molecular complexity index is 557. The van der Waals surface area contributed by atoms with Crippen LogP contribution >= 0.6 is 0 Å². The highest BCUT2D eigenvalue weighted by atomic mass is 16.5. The predicted octanol–water partition coefficient (Wildman–Crippen LogP) is 2.89. The summed E-state index contributed by atoms with van der Waals surface area (Å²) in [4.78, 5) is 13.9. The Hall–Kier alpha value is -0.950. The maximum Gasteiger partial charge on any atom is 0.303 e. The topological polar surface area (TPSA) is 68.2 Å². The first kappa shape index (κ1) is 24.3. The van der Waals surface area contributed by atoms with E-state index in [-0.39, 0.29) is 23.9 Å². The van der Waals surface area contributed by atoms with E-state index >= 15 is 0 Å². The van der Waals surface area contributed by atoms with E-state index in [0.717, 1.165) is 38.0 Å². The Balaban J connectivity index is 2.17. The summed E-state index contributed by atoms with van der Waals surface area (Å²) in [7, 11) is 3.46. The van der Waals surface area contributed by atoms with Crippen molar-refractivity contribution in [3.8, 4) is 0 Å². The second-order valence-corrected chi connectivity index (χ2v) is 9.14. The zero-order valence-corrected chi connectivity index (χ0v) is 19.1. The molecule has 0 bridgehead atoms. The van der Waals surface area contributed by atoms with E-state index in [1.54, 1.807) is 14.2 Å². The van der Waals surface area contributed by atoms with Crippen LogP contribution < -0.4 is 0 Å². The highest BCUT2D eigenvalue weighted by Gasteiger charge is 2.52. The molecule has 29 heavy (non-hydrogen) atoms. The van der Waals surface area contributed by atoms with Crippen molar-refractivity contribution < 1.29 is 24.1 Å². The van der Waals surface area contributed by atoms with Gasteiger partial charge in [-0.05, 0) is 43.1 Å². The van der Waals surface area contributed by atoms with Gasteiger partial charge in [0.05, 0.1) is 18.8 Å². The second-order valence-electron chi connectivity index (χ2n) is 9.14. The number of methoxy groups -OCH3 is 2. The van der Waals surface area contributed by atoms with E-state index in [4.69, 9.17) is 14.2 Å². The molecule has 2 rings (SSSR count). The first-order chi connectivity index (χ1) is 13.7. The van der Waals surface area contributed by atoms with Crippen molar-refractivity contribution >= 4 is 5.97 Å². The lowest BCUT2D eigenvalue weighted by atomic mass is 9.57. The number of esters is 1. The normalized spacial score (nSPS) is 33.2. The average molecular weight is 412 g/mol. The highest BCUT2D eigenvalue weighted by Crippen LogP contribution is 2.51. The van der Waals surface area contributed by atoms with E-state index in [2.05, 4.69) is 24.8 Å². The summed E-state index contributed by atoms with van der Waals surface area (Å²) in [6.45, 7) is 12.0. The third kappa shape index (κ3) is 6.03. The van der Waals surface area contributed by atoms with E-state index in [1.165, 1.54) is 6.92 Å². The number of ether oxygens (including phenoxy) is 3. The Morgan fingerprint density at radius 1 is 1.28 bits per heavy atom. The summed E-state index contributed by atoms with van der Waals surface area (Å²) in [5.41, 5.74) is 0.248. The number of aliphatic hydroxyl groups is 1. The van der Waals surface area contributed by atoms with Crippen LogP contribution in [0.15, 0.2) is 11.6 Å². The number of carbonyl (C=O) groups is 1. The van der Waals surface area contributed by atoms with Gasteiger partial charge >= 0.3 is 5.97 Å². The number of nitrogens with zero attached hydrogens (tertiary/aromatic N) is 1. The fourth-order valence-electron chi connectivity index (χ4n) is 5.28. The molecule has 168 valence electrons. The van der Waals surface area contributed by atoms with Gasteiger partial charge in [-0.2, -0.15) is 0 Å². The summed E-state index contributed by atoms with van der Waals surface area (Å²) >= 11 is 0. The molecule has 0 aromatic carbocycles. The molecule has 0 saturated heterocycles. The molecule has 0 aromatic rings. The smallest absolute Gasteiger partial charge is 0.303 e. The molecule has 0 aromatic heterocycles. The maximum atomic E-state index is 11.7. The second kappa shape index (κ2) is 10.9. The Kier molecular flexibility index (Phi) is 9.14. The minimum Gasteiger partial charge on any atom is -0.458 e. The van der Waals surface area contributed by atoms with E-state index in [1.807, 2.05) is 6.92 Å². The fraction of sp³-hybridized carbons (Fsp3) is 0.870. The minimum absolute atomic E-state index is 0.0970. The van der Waals surface area contributed by atoms with Crippen LogP contribution in [0, 0.1) is 23.7 Å². The van der Waals surface area contributed by atoms with Crippen LogP contribution in [-0.2, 0) is 19.0 Å². The minimum atomic E-state index is -0.819. The molecule has 1 N–H and O–H groups in total. The lowest BCUT2D eigenvalue weighted by Crippen LogP contribution is -2.56. The number of rotatable bonds is 10. The largest absolute Gasteiger partial charge is 0.458 e. The predicted molar refractivity (Wildman–Crippen MR) is 114 cm³/mol. The summed E-state index contributed by atoms with van der Waals surface area (Å²) in [6.07, 6.45) is 4.49. The summed E-state index contributed by atoms with van der Waals surface area (Å²) in [5, 5.41) is 11.7. The van der Waals surface area contributed by atoms with Crippen LogP contribution in [0.1, 0.15) is 47.0 Å². The van der Waals surface area contributed by atoms with E-state index < -0.39 is 5.60 Å². The quantitative estimate of drug-likeness (QED) is 0.440. The van der Waals surface area contributed by atoms with Gasteiger partial charge in [0.1, 0.15) is 6.10 Å². The van der Waals surface area contributed by atoms with Crippen molar-refractivity contribution in [3.05, 3.63) is 11.6 Å². The van der Waals surface area contributed by atoms with Crippen molar-refractivity contribution in [2.24, 2.45) is 23.7 Å². The van der Waals surface area contributed by atoms with Crippen LogP contribution in [0.5, 0.6) is 0 Å². The third-order valence-corrected chi connectivity index (χ3v) is 7.10. The van der Waals surface area contributed by atoms with Gasteiger partial charge < -0.3 is 19.3 Å². The van der Waals surface area contributed by atoms with Gasteiger partial charge in [-0.3, -0.25) is 9.69 Å². The number of carbonyl (C=O) groups excluding carboxylic acids is 1. The highest BCUT2D eigenvalue weighted by molar-refractivity contribution is 5.66. The fourth-order valence-corrected chi connectivity index (χ4v) is 5.28. The molecule has 6 nitrogen and oxygen atoms in total. The standard InChI is InChI=1S/C23H41NO5/c1-16-13-21-20(17(2)15-24(9-11-27-5)10-12-28-6)8-7-18(3)23(21,26)14-22(16)29-19(4)25/h13,17-18,20-22,26H,7-12,14-15H2,1-6H3/t17-,18-,20+,21-,22-,23-/m1/s1. The van der Waals surface area contributed by atoms with Crippen LogP contribution in [0.25, 0.3) is 0 Å². The molecule has 0 heterocycles. The van der Waals surface area contributed by atoms with Gasteiger partial charge in [-0.25, -0.2) is 0 Å².